The van der Waals surface area contributed by atoms with Crippen LogP contribution in [-0.2, 0) is 14.3 Å². The molecule has 0 fully saturated rings. The quantitative estimate of drug-likeness (QED) is 0.649. The number of ether oxygens (including phenoxy) is 2. The van der Waals surface area contributed by atoms with Gasteiger partial charge in [-0.1, -0.05) is 0 Å². The molecule has 20 heavy (non-hydrogen) atoms. The lowest BCUT2D eigenvalue weighted by molar-refractivity contribution is -0.194. The first-order chi connectivity index (χ1) is 9.18. The van der Waals surface area contributed by atoms with Crippen molar-refractivity contribution in [3.63, 3.8) is 0 Å². The van der Waals surface area contributed by atoms with Gasteiger partial charge in [-0.25, -0.2) is 0 Å². The Hall–Kier alpha value is -0.860. The minimum atomic E-state index is -4.81. The summed E-state index contributed by atoms with van der Waals surface area (Å²) >= 11 is 0. The Labute approximate surface area is 117 Å². The summed E-state index contributed by atoms with van der Waals surface area (Å²) in [6.45, 7) is 5.43. The largest absolute Gasteiger partial charge is 0.415 e. The number of halogens is 3. The number of rotatable bonds is 9. The van der Waals surface area contributed by atoms with Crippen molar-refractivity contribution in [3.05, 3.63) is 0 Å². The maximum absolute atomic E-state index is 12.8. The molecule has 0 spiro atoms. The van der Waals surface area contributed by atoms with E-state index >= 15 is 0 Å². The molecule has 0 radical (unpaired) electrons. The molecule has 0 aromatic carbocycles. The number of nitrogens with zero attached hydrogens (tertiary/aromatic N) is 1. The van der Waals surface area contributed by atoms with E-state index in [1.54, 1.807) is 13.8 Å². The predicted octanol–water partition coefficient (Wildman–Crippen LogP) is 1.17. The van der Waals surface area contributed by atoms with Crippen molar-refractivity contribution < 1.29 is 27.4 Å². The Bertz CT molecular complexity index is 286. The van der Waals surface area contributed by atoms with Crippen LogP contribution in [0.3, 0.4) is 0 Å². The molecule has 0 aromatic heterocycles. The average molecular weight is 300 g/mol. The van der Waals surface area contributed by atoms with Crippen molar-refractivity contribution in [2.75, 3.05) is 39.5 Å². The molecule has 1 atom stereocenters. The fourth-order valence-corrected chi connectivity index (χ4v) is 1.40. The van der Waals surface area contributed by atoms with E-state index in [0.717, 1.165) is 4.90 Å². The fourth-order valence-electron chi connectivity index (χ4n) is 1.40. The van der Waals surface area contributed by atoms with E-state index in [0.29, 0.717) is 20.1 Å². The van der Waals surface area contributed by atoms with Crippen LogP contribution in [0.2, 0.25) is 0 Å². The van der Waals surface area contributed by atoms with Gasteiger partial charge in [-0.05, 0) is 20.8 Å². The first-order valence-electron chi connectivity index (χ1n) is 6.48. The molecule has 8 heteroatoms. The molecule has 0 heterocycles. The fraction of sp³-hybridized carbons (Fsp3) is 0.917. The number of hydrogen-bond donors (Lipinski definition) is 1. The molecular formula is C12H23F3N2O3. The lowest BCUT2D eigenvalue weighted by Gasteiger charge is -2.33. The van der Waals surface area contributed by atoms with Gasteiger partial charge in [0.05, 0.1) is 13.2 Å². The minimum absolute atomic E-state index is 0.0443. The lowest BCUT2D eigenvalue weighted by Crippen LogP contribution is -2.62. The number of nitrogens with two attached hydrogens (primary N) is 1. The van der Waals surface area contributed by atoms with Gasteiger partial charge in [0, 0.05) is 26.3 Å². The third-order valence-electron chi connectivity index (χ3n) is 2.74. The molecule has 0 saturated carbocycles. The van der Waals surface area contributed by atoms with Gasteiger partial charge in [0.15, 0.2) is 5.54 Å². The van der Waals surface area contributed by atoms with Crippen LogP contribution in [0.25, 0.3) is 0 Å². The van der Waals surface area contributed by atoms with Crippen LogP contribution in [-0.4, -0.2) is 62.0 Å². The summed E-state index contributed by atoms with van der Waals surface area (Å²) in [5, 5.41) is 0. The van der Waals surface area contributed by atoms with Crippen LogP contribution in [0.15, 0.2) is 0 Å². The normalized spacial score (nSPS) is 14.9. The number of alkyl halides is 3. The highest BCUT2D eigenvalue weighted by atomic mass is 19.4. The van der Waals surface area contributed by atoms with Crippen LogP contribution in [0.1, 0.15) is 20.8 Å². The first-order valence-corrected chi connectivity index (χ1v) is 6.48. The zero-order valence-electron chi connectivity index (χ0n) is 12.1. The smallest absolute Gasteiger partial charge is 0.380 e. The molecule has 120 valence electrons. The van der Waals surface area contributed by atoms with E-state index in [2.05, 4.69) is 0 Å². The zero-order valence-corrected chi connectivity index (χ0v) is 12.1. The Morgan fingerprint density at radius 3 is 1.80 bits per heavy atom. The summed E-state index contributed by atoms with van der Waals surface area (Å²) in [7, 11) is 0. The van der Waals surface area contributed by atoms with Gasteiger partial charge in [0.1, 0.15) is 0 Å². The predicted molar refractivity (Wildman–Crippen MR) is 68.2 cm³/mol. The molecule has 0 saturated heterocycles. The topological polar surface area (TPSA) is 64.8 Å². The highest BCUT2D eigenvalue weighted by molar-refractivity contribution is 5.86. The molecule has 0 bridgehead atoms. The summed E-state index contributed by atoms with van der Waals surface area (Å²) < 4.78 is 48.5. The number of carbonyl (C=O) groups is 1. The Balaban J connectivity index is 4.76. The Kier molecular flexibility index (Phi) is 8.07. The van der Waals surface area contributed by atoms with E-state index in [-0.39, 0.29) is 26.3 Å². The molecule has 0 aliphatic heterocycles. The van der Waals surface area contributed by atoms with E-state index in [1.807, 2.05) is 0 Å². The Morgan fingerprint density at radius 1 is 1.10 bits per heavy atom. The monoisotopic (exact) mass is 300 g/mol. The maximum Gasteiger partial charge on any atom is 0.415 e. The van der Waals surface area contributed by atoms with Gasteiger partial charge in [-0.15, -0.1) is 0 Å². The van der Waals surface area contributed by atoms with Crippen molar-refractivity contribution >= 4 is 5.91 Å². The van der Waals surface area contributed by atoms with Gasteiger partial charge >= 0.3 is 6.18 Å². The third kappa shape index (κ3) is 5.64. The molecule has 5 nitrogen and oxygen atoms in total. The maximum atomic E-state index is 12.8. The van der Waals surface area contributed by atoms with Crippen molar-refractivity contribution in [1.82, 2.24) is 4.90 Å². The standard InChI is InChI=1S/C12H23F3N2O3/c1-4-19-8-6-17(7-9-20-5-2)10(18)11(3,16)12(13,14)15/h4-9,16H2,1-3H3. The lowest BCUT2D eigenvalue weighted by atomic mass is 10.0. The minimum Gasteiger partial charge on any atom is -0.380 e. The van der Waals surface area contributed by atoms with Gasteiger partial charge in [0.25, 0.3) is 5.91 Å². The summed E-state index contributed by atoms with van der Waals surface area (Å²) in [6, 6.07) is 0. The molecule has 1 unspecified atom stereocenters. The van der Waals surface area contributed by atoms with Crippen LogP contribution < -0.4 is 5.73 Å². The SMILES string of the molecule is CCOCCN(CCOCC)C(=O)C(C)(N)C(F)(F)F. The van der Waals surface area contributed by atoms with E-state index in [9.17, 15) is 18.0 Å². The highest BCUT2D eigenvalue weighted by Crippen LogP contribution is 2.29. The van der Waals surface area contributed by atoms with Gasteiger partial charge < -0.3 is 20.1 Å². The van der Waals surface area contributed by atoms with E-state index in [4.69, 9.17) is 15.2 Å². The number of hydrogen-bond acceptors (Lipinski definition) is 4. The zero-order chi connectivity index (χ0) is 15.8. The Morgan fingerprint density at radius 2 is 1.50 bits per heavy atom. The van der Waals surface area contributed by atoms with Gasteiger partial charge in [0.2, 0.25) is 0 Å². The van der Waals surface area contributed by atoms with Gasteiger partial charge in [-0.3, -0.25) is 4.79 Å². The summed E-state index contributed by atoms with van der Waals surface area (Å²) in [6.07, 6.45) is -4.81. The highest BCUT2D eigenvalue weighted by Gasteiger charge is 2.55. The number of carbonyl (C=O) groups excluding carboxylic acids is 1. The average Bonchev–Trinajstić information content (AvgIpc) is 2.35. The summed E-state index contributed by atoms with van der Waals surface area (Å²) in [5.74, 6) is -1.18. The third-order valence-corrected chi connectivity index (χ3v) is 2.74. The van der Waals surface area contributed by atoms with E-state index in [1.165, 1.54) is 0 Å². The van der Waals surface area contributed by atoms with E-state index < -0.39 is 17.6 Å². The van der Waals surface area contributed by atoms with Gasteiger partial charge in [-0.2, -0.15) is 13.2 Å². The molecule has 0 aromatic rings. The van der Waals surface area contributed by atoms with Crippen molar-refractivity contribution in [2.45, 2.75) is 32.5 Å². The van der Waals surface area contributed by atoms with Crippen LogP contribution in [0, 0.1) is 0 Å². The molecule has 0 aliphatic rings. The van der Waals surface area contributed by atoms with Crippen LogP contribution >= 0.6 is 0 Å². The molecule has 1 amide bonds. The molecular weight excluding hydrogens is 277 g/mol. The first kappa shape index (κ1) is 19.1. The second-order valence-electron chi connectivity index (χ2n) is 4.39. The second kappa shape index (κ2) is 8.43. The molecule has 0 aliphatic carbocycles. The summed E-state index contributed by atoms with van der Waals surface area (Å²) in [4.78, 5) is 13.0. The van der Waals surface area contributed by atoms with Crippen molar-refractivity contribution in [3.8, 4) is 0 Å². The van der Waals surface area contributed by atoms with Crippen molar-refractivity contribution in [2.24, 2.45) is 5.73 Å². The van der Waals surface area contributed by atoms with Crippen LogP contribution in [0.4, 0.5) is 13.2 Å². The number of amides is 1. The van der Waals surface area contributed by atoms with Crippen LogP contribution in [0.5, 0.6) is 0 Å². The molecule has 2 N–H and O–H groups in total. The second-order valence-corrected chi connectivity index (χ2v) is 4.39. The van der Waals surface area contributed by atoms with Crippen molar-refractivity contribution in [1.29, 1.82) is 0 Å². The summed E-state index contributed by atoms with van der Waals surface area (Å²) in [5.41, 5.74) is 2.24. The molecule has 0 rings (SSSR count).